The van der Waals surface area contributed by atoms with Gasteiger partial charge in [0.05, 0.1) is 0 Å². The van der Waals surface area contributed by atoms with Crippen molar-refractivity contribution in [2.24, 2.45) is 11.8 Å². The molecule has 21 heavy (non-hydrogen) atoms. The zero-order valence-corrected chi connectivity index (χ0v) is 14.3. The molecule has 0 aromatic heterocycles. The van der Waals surface area contributed by atoms with Crippen LogP contribution in [0.1, 0.15) is 52.4 Å². The Kier molecular flexibility index (Phi) is 6.47. The molecular weight excluding hydrogens is 286 g/mol. The lowest BCUT2D eigenvalue weighted by Gasteiger charge is -2.35. The van der Waals surface area contributed by atoms with Crippen LogP contribution in [0.4, 0.5) is 0 Å². The Morgan fingerprint density at radius 3 is 2.38 bits per heavy atom. The van der Waals surface area contributed by atoms with Crippen molar-refractivity contribution >= 4 is 10.2 Å². The predicted octanol–water partition coefficient (Wildman–Crippen LogP) is 1.72. The molecule has 2 rings (SSSR count). The summed E-state index contributed by atoms with van der Waals surface area (Å²) in [6.07, 6.45) is 6.65. The quantitative estimate of drug-likeness (QED) is 0.670. The number of nitrogens with zero attached hydrogens (tertiary/aromatic N) is 1. The first-order valence-corrected chi connectivity index (χ1v) is 9.95. The summed E-state index contributed by atoms with van der Waals surface area (Å²) < 4.78 is 29.3. The van der Waals surface area contributed by atoms with Crippen molar-refractivity contribution < 1.29 is 8.42 Å². The van der Waals surface area contributed by atoms with Gasteiger partial charge in [-0.2, -0.15) is 17.4 Å². The Hall–Kier alpha value is -0.170. The van der Waals surface area contributed by atoms with E-state index >= 15 is 0 Å². The molecule has 2 N–H and O–H groups in total. The Labute approximate surface area is 130 Å². The summed E-state index contributed by atoms with van der Waals surface area (Å²) in [6.45, 7) is 7.56. The minimum Gasteiger partial charge on any atom is -0.316 e. The van der Waals surface area contributed by atoms with Crippen LogP contribution in [0.3, 0.4) is 0 Å². The highest BCUT2D eigenvalue weighted by molar-refractivity contribution is 7.87. The fourth-order valence-corrected chi connectivity index (χ4v) is 4.69. The Morgan fingerprint density at radius 2 is 1.86 bits per heavy atom. The van der Waals surface area contributed by atoms with E-state index in [4.69, 9.17) is 0 Å². The van der Waals surface area contributed by atoms with E-state index in [1.807, 2.05) is 6.92 Å². The van der Waals surface area contributed by atoms with Crippen LogP contribution in [0, 0.1) is 11.8 Å². The first-order chi connectivity index (χ1) is 10.0. The van der Waals surface area contributed by atoms with E-state index in [0.29, 0.717) is 24.9 Å². The van der Waals surface area contributed by atoms with Gasteiger partial charge in [-0.05, 0) is 64.0 Å². The molecule has 1 saturated carbocycles. The van der Waals surface area contributed by atoms with Crippen molar-refractivity contribution in [3.63, 3.8) is 0 Å². The van der Waals surface area contributed by atoms with Crippen molar-refractivity contribution in [2.45, 2.75) is 58.4 Å². The lowest BCUT2D eigenvalue weighted by atomic mass is 9.81. The van der Waals surface area contributed by atoms with E-state index in [2.05, 4.69) is 17.0 Å². The van der Waals surface area contributed by atoms with Gasteiger partial charge in [0, 0.05) is 19.1 Å². The van der Waals surface area contributed by atoms with Gasteiger partial charge in [0.2, 0.25) is 0 Å². The summed E-state index contributed by atoms with van der Waals surface area (Å²) in [5.41, 5.74) is 0. The second-order valence-electron chi connectivity index (χ2n) is 6.65. The summed E-state index contributed by atoms with van der Waals surface area (Å²) in [4.78, 5) is 0. The number of hydrogen-bond donors (Lipinski definition) is 2. The smallest absolute Gasteiger partial charge is 0.279 e. The van der Waals surface area contributed by atoms with Gasteiger partial charge in [-0.1, -0.05) is 13.3 Å². The molecule has 1 aliphatic carbocycles. The molecule has 1 heterocycles. The van der Waals surface area contributed by atoms with Crippen LogP contribution in [0.25, 0.3) is 0 Å². The minimum atomic E-state index is -3.29. The summed E-state index contributed by atoms with van der Waals surface area (Å²) in [5.74, 6) is 1.16. The van der Waals surface area contributed by atoms with Crippen molar-refractivity contribution in [3.05, 3.63) is 0 Å². The van der Waals surface area contributed by atoms with Crippen LogP contribution in [0.15, 0.2) is 0 Å². The van der Waals surface area contributed by atoms with Gasteiger partial charge in [-0.3, -0.25) is 0 Å². The van der Waals surface area contributed by atoms with E-state index in [1.165, 1.54) is 6.42 Å². The zero-order chi connectivity index (χ0) is 15.3. The second kappa shape index (κ2) is 7.90. The molecule has 124 valence electrons. The third-order valence-electron chi connectivity index (χ3n) is 4.96. The molecule has 0 spiro atoms. The molecule has 0 radical (unpaired) electrons. The summed E-state index contributed by atoms with van der Waals surface area (Å²) >= 11 is 0. The maximum absolute atomic E-state index is 12.4. The molecule has 0 aromatic rings. The number of rotatable bonds is 8. The van der Waals surface area contributed by atoms with Gasteiger partial charge < -0.3 is 5.32 Å². The molecule has 2 aliphatic rings. The highest BCUT2D eigenvalue weighted by Gasteiger charge is 2.32. The van der Waals surface area contributed by atoms with Crippen LogP contribution in [0.5, 0.6) is 0 Å². The number of piperidine rings is 1. The van der Waals surface area contributed by atoms with Crippen LogP contribution >= 0.6 is 0 Å². The maximum Gasteiger partial charge on any atom is 0.279 e. The molecule has 1 atom stereocenters. The predicted molar refractivity (Wildman–Crippen MR) is 86.3 cm³/mol. The van der Waals surface area contributed by atoms with Crippen LogP contribution < -0.4 is 10.0 Å². The van der Waals surface area contributed by atoms with E-state index in [1.54, 1.807) is 4.31 Å². The lowest BCUT2D eigenvalue weighted by molar-refractivity contribution is 0.243. The monoisotopic (exact) mass is 317 g/mol. The van der Waals surface area contributed by atoms with Gasteiger partial charge >= 0.3 is 0 Å². The average Bonchev–Trinajstić information content (AvgIpc) is 2.37. The molecule has 0 aromatic carbocycles. The molecule has 0 amide bonds. The van der Waals surface area contributed by atoms with Crippen LogP contribution in [-0.2, 0) is 10.2 Å². The van der Waals surface area contributed by atoms with E-state index < -0.39 is 10.2 Å². The van der Waals surface area contributed by atoms with E-state index in [9.17, 15) is 8.42 Å². The van der Waals surface area contributed by atoms with Crippen molar-refractivity contribution in [2.75, 3.05) is 26.2 Å². The third-order valence-corrected chi connectivity index (χ3v) is 6.68. The van der Waals surface area contributed by atoms with Crippen molar-refractivity contribution in [1.82, 2.24) is 14.3 Å². The highest BCUT2D eigenvalue weighted by Crippen LogP contribution is 2.30. The molecule has 0 bridgehead atoms. The summed E-state index contributed by atoms with van der Waals surface area (Å²) in [5, 5.41) is 3.44. The molecule has 1 saturated heterocycles. The standard InChI is InChI=1S/C15H31N3O2S/c1-3-9-16-12-14-7-10-18(11-8-14)21(19,20)17-13(2)15-5-4-6-15/h13-17H,3-12H2,1-2H3. The SMILES string of the molecule is CCCNCC1CCN(S(=O)(=O)NC(C)C2CCC2)CC1. The molecule has 6 heteroatoms. The number of nitrogens with one attached hydrogen (secondary N) is 2. The fourth-order valence-electron chi connectivity index (χ4n) is 3.18. The topological polar surface area (TPSA) is 61.4 Å². The lowest BCUT2D eigenvalue weighted by Crippen LogP contribution is -2.50. The molecule has 1 unspecified atom stereocenters. The van der Waals surface area contributed by atoms with E-state index in [0.717, 1.165) is 45.2 Å². The first kappa shape index (κ1) is 17.2. The maximum atomic E-state index is 12.4. The molecule has 5 nitrogen and oxygen atoms in total. The Bertz CT molecular complexity index is 401. The van der Waals surface area contributed by atoms with Crippen LogP contribution in [-0.4, -0.2) is 44.9 Å². The minimum absolute atomic E-state index is 0.0766. The molecular formula is C15H31N3O2S. The normalized spacial score (nSPS) is 23.9. The first-order valence-electron chi connectivity index (χ1n) is 8.51. The Morgan fingerprint density at radius 1 is 1.19 bits per heavy atom. The van der Waals surface area contributed by atoms with Crippen molar-refractivity contribution in [1.29, 1.82) is 0 Å². The highest BCUT2D eigenvalue weighted by atomic mass is 32.2. The largest absolute Gasteiger partial charge is 0.316 e. The van der Waals surface area contributed by atoms with Gasteiger partial charge in [0.1, 0.15) is 0 Å². The van der Waals surface area contributed by atoms with Gasteiger partial charge in [-0.15, -0.1) is 0 Å². The van der Waals surface area contributed by atoms with Gasteiger partial charge in [0.25, 0.3) is 10.2 Å². The molecule has 2 fully saturated rings. The average molecular weight is 317 g/mol. The van der Waals surface area contributed by atoms with E-state index in [-0.39, 0.29) is 6.04 Å². The van der Waals surface area contributed by atoms with Gasteiger partial charge in [-0.25, -0.2) is 0 Å². The zero-order valence-electron chi connectivity index (χ0n) is 13.5. The molecule has 1 aliphatic heterocycles. The van der Waals surface area contributed by atoms with Crippen LogP contribution in [0.2, 0.25) is 0 Å². The summed E-state index contributed by atoms with van der Waals surface area (Å²) in [6, 6.07) is 0.0766. The fraction of sp³-hybridized carbons (Fsp3) is 1.00. The Balaban J connectivity index is 1.74. The second-order valence-corrected chi connectivity index (χ2v) is 8.35. The third kappa shape index (κ3) is 4.91. The van der Waals surface area contributed by atoms with Gasteiger partial charge in [0.15, 0.2) is 0 Å². The van der Waals surface area contributed by atoms with Crippen molar-refractivity contribution in [3.8, 4) is 0 Å². The number of hydrogen-bond acceptors (Lipinski definition) is 3. The summed E-state index contributed by atoms with van der Waals surface area (Å²) in [7, 11) is -3.29.